The number of rotatable bonds is 17. The van der Waals surface area contributed by atoms with Crippen LogP contribution in [0.2, 0.25) is 0 Å². The number of nitrogens with one attached hydrogen (secondary N) is 1. The molecule has 0 bridgehead atoms. The van der Waals surface area contributed by atoms with Gasteiger partial charge in [0, 0.05) is 12.1 Å². The van der Waals surface area contributed by atoms with Crippen LogP contribution in [0.5, 0.6) is 0 Å². The highest BCUT2D eigenvalue weighted by molar-refractivity contribution is 5.95. The lowest BCUT2D eigenvalue weighted by atomic mass is 9.98. The molecular formula is C27H37N3O5. The molecule has 0 fully saturated rings. The van der Waals surface area contributed by atoms with E-state index in [4.69, 9.17) is 0 Å². The van der Waals surface area contributed by atoms with E-state index in [0.717, 1.165) is 49.4 Å². The summed E-state index contributed by atoms with van der Waals surface area (Å²) in [4.78, 5) is 33.8. The van der Waals surface area contributed by atoms with Crippen molar-refractivity contribution in [3.63, 3.8) is 0 Å². The first kappa shape index (κ1) is 28.0. The number of hydrogen-bond donors (Lipinski definition) is 1. The van der Waals surface area contributed by atoms with Gasteiger partial charge in [0.05, 0.1) is 27.5 Å². The van der Waals surface area contributed by atoms with E-state index in [1.165, 1.54) is 51.4 Å². The maximum absolute atomic E-state index is 12.9. The maximum Gasteiger partial charge on any atom is 0.277 e. The van der Waals surface area contributed by atoms with Crippen molar-refractivity contribution in [3.8, 4) is 0 Å². The summed E-state index contributed by atoms with van der Waals surface area (Å²) in [6.45, 7) is 2.23. The first-order chi connectivity index (χ1) is 16.9. The maximum atomic E-state index is 12.9. The molecule has 1 atom stereocenters. The largest absolute Gasteiger partial charge is 0.345 e. The summed E-state index contributed by atoms with van der Waals surface area (Å²) in [5.41, 5.74) is -0.115. The third-order valence-corrected chi connectivity index (χ3v) is 6.19. The van der Waals surface area contributed by atoms with E-state index >= 15 is 0 Å². The van der Waals surface area contributed by atoms with Crippen LogP contribution in [-0.2, 0) is 0 Å². The van der Waals surface area contributed by atoms with Gasteiger partial charge in [0.25, 0.3) is 17.3 Å². The van der Waals surface area contributed by atoms with Crippen molar-refractivity contribution in [2.75, 3.05) is 0 Å². The van der Waals surface area contributed by atoms with Gasteiger partial charge in [0.2, 0.25) is 0 Å². The molecule has 8 heteroatoms. The molecule has 2 aromatic carbocycles. The third-order valence-electron chi connectivity index (χ3n) is 6.19. The first-order valence-electron chi connectivity index (χ1n) is 12.7. The Bertz CT molecular complexity index is 917. The van der Waals surface area contributed by atoms with Gasteiger partial charge in [-0.15, -0.1) is 0 Å². The van der Waals surface area contributed by atoms with Gasteiger partial charge in [0.1, 0.15) is 0 Å². The van der Waals surface area contributed by atoms with Crippen molar-refractivity contribution in [1.82, 2.24) is 5.32 Å². The van der Waals surface area contributed by atoms with E-state index in [1.807, 2.05) is 30.3 Å². The minimum absolute atomic E-state index is 0.0919. The van der Waals surface area contributed by atoms with Gasteiger partial charge in [-0.3, -0.25) is 25.0 Å². The lowest BCUT2D eigenvalue weighted by Gasteiger charge is -2.19. The summed E-state index contributed by atoms with van der Waals surface area (Å²) in [6, 6.07) is 12.3. The molecule has 0 aliphatic rings. The third kappa shape index (κ3) is 10.2. The van der Waals surface area contributed by atoms with Crippen molar-refractivity contribution in [1.29, 1.82) is 0 Å². The minimum Gasteiger partial charge on any atom is -0.345 e. The number of non-ortho nitro benzene ring substituents is 2. The van der Waals surface area contributed by atoms with Crippen molar-refractivity contribution >= 4 is 17.3 Å². The fourth-order valence-corrected chi connectivity index (χ4v) is 4.20. The molecule has 0 radical (unpaired) electrons. The number of unbranched alkanes of at least 4 members (excludes halogenated alkanes) is 10. The smallest absolute Gasteiger partial charge is 0.277 e. The van der Waals surface area contributed by atoms with Crippen LogP contribution >= 0.6 is 0 Å². The lowest BCUT2D eigenvalue weighted by Crippen LogP contribution is -2.28. The van der Waals surface area contributed by atoms with Gasteiger partial charge >= 0.3 is 0 Å². The summed E-state index contributed by atoms with van der Waals surface area (Å²) in [5.74, 6) is -0.561. The molecule has 1 amide bonds. The fraction of sp³-hybridized carbons (Fsp3) is 0.519. The number of nitrogens with zero attached hydrogens (tertiary/aromatic N) is 2. The molecule has 0 saturated carbocycles. The second-order valence-corrected chi connectivity index (χ2v) is 9.01. The molecule has 0 aliphatic carbocycles. The van der Waals surface area contributed by atoms with Crippen LogP contribution in [0.4, 0.5) is 11.4 Å². The highest BCUT2D eigenvalue weighted by atomic mass is 16.6. The van der Waals surface area contributed by atoms with Crippen LogP contribution in [0, 0.1) is 20.2 Å². The Morgan fingerprint density at radius 1 is 0.771 bits per heavy atom. The second-order valence-electron chi connectivity index (χ2n) is 9.01. The van der Waals surface area contributed by atoms with E-state index in [-0.39, 0.29) is 11.6 Å². The molecule has 0 aromatic heterocycles. The van der Waals surface area contributed by atoms with Crippen molar-refractivity contribution in [2.24, 2.45) is 0 Å². The Labute approximate surface area is 207 Å². The number of amides is 1. The first-order valence-corrected chi connectivity index (χ1v) is 12.7. The summed E-state index contributed by atoms with van der Waals surface area (Å²) in [5, 5.41) is 25.3. The predicted molar refractivity (Wildman–Crippen MR) is 137 cm³/mol. The number of carbonyl (C=O) groups excluding carboxylic acids is 1. The van der Waals surface area contributed by atoms with E-state index in [1.54, 1.807) is 0 Å². The molecule has 0 aliphatic heterocycles. The molecular weight excluding hydrogens is 446 g/mol. The van der Waals surface area contributed by atoms with Crippen molar-refractivity contribution in [3.05, 3.63) is 79.9 Å². The molecule has 2 rings (SSSR count). The van der Waals surface area contributed by atoms with Gasteiger partial charge in [-0.05, 0) is 12.0 Å². The van der Waals surface area contributed by atoms with E-state index in [0.29, 0.717) is 0 Å². The zero-order valence-corrected chi connectivity index (χ0v) is 20.6. The molecule has 2 aromatic rings. The van der Waals surface area contributed by atoms with Crippen LogP contribution in [0.15, 0.2) is 48.5 Å². The Morgan fingerprint density at radius 3 is 1.74 bits per heavy atom. The highest BCUT2D eigenvalue weighted by Crippen LogP contribution is 2.25. The topological polar surface area (TPSA) is 115 Å². The van der Waals surface area contributed by atoms with Gasteiger partial charge in [-0.2, -0.15) is 0 Å². The monoisotopic (exact) mass is 483 g/mol. The zero-order chi connectivity index (χ0) is 25.5. The number of nitro benzene ring substituents is 2. The van der Waals surface area contributed by atoms with Crippen LogP contribution in [0.1, 0.15) is 106 Å². The average Bonchev–Trinajstić information content (AvgIpc) is 2.86. The summed E-state index contributed by atoms with van der Waals surface area (Å²) < 4.78 is 0. The Kier molecular flexibility index (Phi) is 12.4. The molecule has 0 spiro atoms. The molecule has 35 heavy (non-hydrogen) atoms. The summed E-state index contributed by atoms with van der Waals surface area (Å²) >= 11 is 0. The molecule has 1 unspecified atom stereocenters. The normalized spacial score (nSPS) is 11.7. The second kappa shape index (κ2) is 15.6. The molecule has 1 N–H and O–H groups in total. The van der Waals surface area contributed by atoms with Crippen LogP contribution in [0.3, 0.4) is 0 Å². The number of carbonyl (C=O) groups is 1. The van der Waals surface area contributed by atoms with Crippen molar-refractivity contribution < 1.29 is 14.6 Å². The number of nitro groups is 2. The standard InChI is InChI=1S/C27H37N3O5/c1-2-3-4-5-6-7-8-9-10-11-15-18-26(22-16-13-12-14-17-22)28-27(31)23-19-24(29(32)33)21-25(20-23)30(34)35/h12-14,16-17,19-21,26H,2-11,15,18H2,1H3,(H,28,31). The van der Waals surface area contributed by atoms with E-state index in [9.17, 15) is 25.0 Å². The molecule has 190 valence electrons. The highest BCUT2D eigenvalue weighted by Gasteiger charge is 2.22. The Balaban J connectivity index is 1.91. The Hall–Kier alpha value is -3.29. The van der Waals surface area contributed by atoms with Gasteiger partial charge < -0.3 is 5.32 Å². The quantitative estimate of drug-likeness (QED) is 0.141. The summed E-state index contributed by atoms with van der Waals surface area (Å²) in [7, 11) is 0. The Morgan fingerprint density at radius 2 is 1.26 bits per heavy atom. The number of benzene rings is 2. The zero-order valence-electron chi connectivity index (χ0n) is 20.6. The van der Waals surface area contributed by atoms with Gasteiger partial charge in [0.15, 0.2) is 0 Å². The fourth-order valence-electron chi connectivity index (χ4n) is 4.20. The van der Waals surface area contributed by atoms with E-state index in [2.05, 4.69) is 12.2 Å². The molecule has 0 heterocycles. The van der Waals surface area contributed by atoms with Crippen molar-refractivity contribution in [2.45, 2.75) is 90.0 Å². The molecule has 8 nitrogen and oxygen atoms in total. The molecule has 0 saturated heterocycles. The average molecular weight is 484 g/mol. The summed E-state index contributed by atoms with van der Waals surface area (Å²) in [6.07, 6.45) is 14.2. The van der Waals surface area contributed by atoms with Gasteiger partial charge in [-0.1, -0.05) is 108 Å². The van der Waals surface area contributed by atoms with Crippen LogP contribution in [-0.4, -0.2) is 15.8 Å². The SMILES string of the molecule is CCCCCCCCCCCCCC(NC(=O)c1cc([N+](=O)[O-])cc([N+](=O)[O-])c1)c1ccccc1. The predicted octanol–water partition coefficient (Wildman–Crippen LogP) is 7.68. The van der Waals surface area contributed by atoms with Crippen LogP contribution in [0.25, 0.3) is 0 Å². The van der Waals surface area contributed by atoms with Crippen LogP contribution < -0.4 is 5.32 Å². The number of hydrogen-bond acceptors (Lipinski definition) is 5. The minimum atomic E-state index is -0.732. The lowest BCUT2D eigenvalue weighted by molar-refractivity contribution is -0.394. The van der Waals surface area contributed by atoms with E-state index < -0.39 is 27.1 Å². The van der Waals surface area contributed by atoms with Gasteiger partial charge in [-0.25, -0.2) is 0 Å².